The van der Waals surface area contributed by atoms with Crippen molar-refractivity contribution in [3.63, 3.8) is 0 Å². The minimum absolute atomic E-state index is 0.128. The van der Waals surface area contributed by atoms with Gasteiger partial charge in [0, 0.05) is 6.54 Å². The number of nitrogens with two attached hydrogens (primary N) is 1. The van der Waals surface area contributed by atoms with E-state index in [-0.39, 0.29) is 24.6 Å². The summed E-state index contributed by atoms with van der Waals surface area (Å²) in [6, 6.07) is 0. The number of aryl methyl sites for hydroxylation is 1. The maximum atomic E-state index is 11.6. The molecule has 0 unspecified atom stereocenters. The van der Waals surface area contributed by atoms with E-state index in [0.29, 0.717) is 18.0 Å². The summed E-state index contributed by atoms with van der Waals surface area (Å²) in [5.74, 6) is -0.755. The molecule has 1 rings (SSSR count). The lowest BCUT2D eigenvalue weighted by atomic mass is 10.3. The minimum atomic E-state index is -0.406. The van der Waals surface area contributed by atoms with E-state index in [4.69, 9.17) is 10.5 Å². The summed E-state index contributed by atoms with van der Waals surface area (Å²) < 4.78 is 4.72. The number of hydrogen-bond acceptors (Lipinski definition) is 5. The van der Waals surface area contributed by atoms with Crippen LogP contribution in [0, 0.1) is 6.92 Å². The van der Waals surface area contributed by atoms with Gasteiger partial charge >= 0.3 is 5.97 Å². The van der Waals surface area contributed by atoms with Gasteiger partial charge in [0.05, 0.1) is 24.4 Å². The fourth-order valence-electron chi connectivity index (χ4n) is 1.21. The van der Waals surface area contributed by atoms with Crippen molar-refractivity contribution in [1.82, 2.24) is 15.5 Å². The lowest BCUT2D eigenvalue weighted by Crippen LogP contribution is -2.27. The van der Waals surface area contributed by atoms with E-state index < -0.39 is 5.91 Å². The third-order valence-electron chi connectivity index (χ3n) is 2.13. The van der Waals surface area contributed by atoms with Gasteiger partial charge in [-0.1, -0.05) is 0 Å². The quantitative estimate of drug-likeness (QED) is 0.627. The molecule has 17 heavy (non-hydrogen) atoms. The molecule has 94 valence electrons. The summed E-state index contributed by atoms with van der Waals surface area (Å²) in [5.41, 5.74) is 6.74. The summed E-state index contributed by atoms with van der Waals surface area (Å²) >= 11 is 0. The number of hydrogen-bond donors (Lipinski definition) is 3. The number of aromatic amines is 1. The Hall–Kier alpha value is -2.05. The Morgan fingerprint density at radius 2 is 2.24 bits per heavy atom. The summed E-state index contributed by atoms with van der Waals surface area (Å²) in [7, 11) is 0. The number of carbonyl (C=O) groups excluding carboxylic acids is 2. The molecular formula is C10H16N4O3. The topological polar surface area (TPSA) is 110 Å². The maximum Gasteiger partial charge on any atom is 0.307 e. The molecule has 7 heteroatoms. The van der Waals surface area contributed by atoms with Crippen molar-refractivity contribution in [1.29, 1.82) is 0 Å². The van der Waals surface area contributed by atoms with Gasteiger partial charge in [-0.2, -0.15) is 5.10 Å². The second kappa shape index (κ2) is 5.88. The van der Waals surface area contributed by atoms with E-state index in [9.17, 15) is 9.59 Å². The molecule has 1 amide bonds. The van der Waals surface area contributed by atoms with Crippen molar-refractivity contribution in [2.45, 2.75) is 20.3 Å². The number of aromatic nitrogens is 2. The molecule has 0 saturated carbocycles. The zero-order valence-electron chi connectivity index (χ0n) is 9.87. The summed E-state index contributed by atoms with van der Waals surface area (Å²) in [5, 5.41) is 8.92. The Kier molecular flexibility index (Phi) is 4.50. The van der Waals surface area contributed by atoms with Crippen LogP contribution in [0.1, 0.15) is 29.5 Å². The summed E-state index contributed by atoms with van der Waals surface area (Å²) in [6.45, 7) is 3.97. The molecule has 0 aliphatic carbocycles. The molecule has 7 nitrogen and oxygen atoms in total. The first-order chi connectivity index (χ1) is 8.06. The molecule has 0 aliphatic rings. The van der Waals surface area contributed by atoms with E-state index in [1.54, 1.807) is 13.8 Å². The predicted octanol–water partition coefficient (Wildman–Crippen LogP) is -0.0167. The number of anilines is 1. The Morgan fingerprint density at radius 3 is 2.76 bits per heavy atom. The van der Waals surface area contributed by atoms with E-state index in [1.807, 2.05) is 0 Å². The maximum absolute atomic E-state index is 11.6. The van der Waals surface area contributed by atoms with Gasteiger partial charge in [0.1, 0.15) is 0 Å². The van der Waals surface area contributed by atoms with Crippen LogP contribution in [0.15, 0.2) is 0 Å². The highest BCUT2D eigenvalue weighted by Crippen LogP contribution is 2.11. The minimum Gasteiger partial charge on any atom is -0.466 e. The van der Waals surface area contributed by atoms with Crippen molar-refractivity contribution in [3.05, 3.63) is 11.4 Å². The number of nitrogens with zero attached hydrogens (tertiary/aromatic N) is 1. The standard InChI is InChI=1S/C10H16N4O3/c1-3-17-7(15)4-5-12-10(16)9-8(11)6(2)13-14-9/h3-5,11H2,1-2H3,(H,12,16)(H,13,14). The number of nitrogen functional groups attached to an aromatic ring is 1. The molecule has 0 aromatic carbocycles. The van der Waals surface area contributed by atoms with Crippen LogP contribution in [0.4, 0.5) is 5.69 Å². The lowest BCUT2D eigenvalue weighted by molar-refractivity contribution is -0.142. The van der Waals surface area contributed by atoms with Crippen LogP contribution in [0.5, 0.6) is 0 Å². The number of ether oxygens (including phenoxy) is 1. The van der Waals surface area contributed by atoms with Crippen molar-refractivity contribution in [2.75, 3.05) is 18.9 Å². The van der Waals surface area contributed by atoms with Gasteiger partial charge < -0.3 is 15.8 Å². The Labute approximate surface area is 98.7 Å². The normalized spacial score (nSPS) is 10.0. The van der Waals surface area contributed by atoms with Gasteiger partial charge in [-0.05, 0) is 13.8 Å². The summed E-state index contributed by atoms with van der Waals surface area (Å²) in [4.78, 5) is 22.6. The highest BCUT2D eigenvalue weighted by molar-refractivity contribution is 5.97. The number of rotatable bonds is 5. The highest BCUT2D eigenvalue weighted by Gasteiger charge is 2.15. The summed E-state index contributed by atoms with van der Waals surface area (Å²) in [6.07, 6.45) is 0.128. The first-order valence-electron chi connectivity index (χ1n) is 5.30. The molecule has 1 heterocycles. The van der Waals surface area contributed by atoms with E-state index in [2.05, 4.69) is 15.5 Å². The molecule has 1 aromatic heterocycles. The second-order valence-electron chi connectivity index (χ2n) is 3.42. The molecule has 4 N–H and O–H groups in total. The van der Waals surface area contributed by atoms with Crippen molar-refractivity contribution in [2.24, 2.45) is 0 Å². The van der Waals surface area contributed by atoms with E-state index in [0.717, 1.165) is 0 Å². The monoisotopic (exact) mass is 240 g/mol. The van der Waals surface area contributed by atoms with Gasteiger partial charge in [0.15, 0.2) is 5.69 Å². The van der Waals surface area contributed by atoms with Crippen LogP contribution in [0.2, 0.25) is 0 Å². The predicted molar refractivity (Wildman–Crippen MR) is 61.3 cm³/mol. The van der Waals surface area contributed by atoms with Crippen LogP contribution in [-0.2, 0) is 9.53 Å². The molecule has 1 aromatic rings. The molecule has 0 radical (unpaired) electrons. The molecular weight excluding hydrogens is 224 g/mol. The molecule has 0 atom stereocenters. The number of nitrogens with one attached hydrogen (secondary N) is 2. The zero-order chi connectivity index (χ0) is 12.8. The number of carbonyl (C=O) groups is 2. The van der Waals surface area contributed by atoms with Gasteiger partial charge in [0.25, 0.3) is 5.91 Å². The zero-order valence-corrected chi connectivity index (χ0v) is 9.87. The Morgan fingerprint density at radius 1 is 1.53 bits per heavy atom. The largest absolute Gasteiger partial charge is 0.466 e. The molecule has 0 aliphatic heterocycles. The molecule has 0 fully saturated rings. The molecule has 0 saturated heterocycles. The first kappa shape index (κ1) is 13.0. The lowest BCUT2D eigenvalue weighted by Gasteiger charge is -2.03. The van der Waals surface area contributed by atoms with Crippen LogP contribution < -0.4 is 11.1 Å². The fourth-order valence-corrected chi connectivity index (χ4v) is 1.21. The van der Waals surface area contributed by atoms with Gasteiger partial charge in [-0.25, -0.2) is 0 Å². The van der Waals surface area contributed by atoms with Crippen molar-refractivity contribution in [3.8, 4) is 0 Å². The smallest absolute Gasteiger partial charge is 0.307 e. The third kappa shape index (κ3) is 3.47. The number of amides is 1. The van der Waals surface area contributed by atoms with E-state index >= 15 is 0 Å². The fraction of sp³-hybridized carbons (Fsp3) is 0.500. The van der Waals surface area contributed by atoms with Gasteiger partial charge in [-0.3, -0.25) is 14.7 Å². The average molecular weight is 240 g/mol. The van der Waals surface area contributed by atoms with Crippen LogP contribution >= 0.6 is 0 Å². The van der Waals surface area contributed by atoms with Gasteiger partial charge in [-0.15, -0.1) is 0 Å². The van der Waals surface area contributed by atoms with Crippen molar-refractivity contribution >= 4 is 17.6 Å². The molecule has 0 spiro atoms. The number of H-pyrrole nitrogens is 1. The second-order valence-corrected chi connectivity index (χ2v) is 3.42. The third-order valence-corrected chi connectivity index (χ3v) is 2.13. The average Bonchev–Trinajstić information content (AvgIpc) is 2.60. The number of esters is 1. The first-order valence-corrected chi connectivity index (χ1v) is 5.30. The van der Waals surface area contributed by atoms with Crippen LogP contribution in [0.3, 0.4) is 0 Å². The van der Waals surface area contributed by atoms with Crippen molar-refractivity contribution < 1.29 is 14.3 Å². The SMILES string of the molecule is CCOC(=O)CCNC(=O)c1n[nH]c(C)c1N. The Bertz CT molecular complexity index is 414. The van der Waals surface area contributed by atoms with Crippen LogP contribution in [-0.4, -0.2) is 35.2 Å². The highest BCUT2D eigenvalue weighted by atomic mass is 16.5. The molecule has 0 bridgehead atoms. The van der Waals surface area contributed by atoms with Crippen LogP contribution in [0.25, 0.3) is 0 Å². The Balaban J connectivity index is 2.40. The van der Waals surface area contributed by atoms with E-state index in [1.165, 1.54) is 0 Å². The van der Waals surface area contributed by atoms with Gasteiger partial charge in [0.2, 0.25) is 0 Å².